The lowest BCUT2D eigenvalue weighted by Gasteiger charge is -2.28. The van der Waals surface area contributed by atoms with Gasteiger partial charge in [0.2, 0.25) is 0 Å². The van der Waals surface area contributed by atoms with E-state index in [0.717, 1.165) is 32.0 Å². The van der Waals surface area contributed by atoms with Crippen molar-refractivity contribution in [2.45, 2.75) is 102 Å². The Morgan fingerprint density at radius 2 is 1.03 bits per heavy atom. The normalized spacial score (nSPS) is 13.8. The van der Waals surface area contributed by atoms with Gasteiger partial charge in [-0.25, -0.2) is 9.59 Å². The summed E-state index contributed by atoms with van der Waals surface area (Å²) in [4.78, 5) is 24.8. The predicted molar refractivity (Wildman–Crippen MR) is 139 cm³/mol. The zero-order chi connectivity index (χ0) is 26.9. The topological polar surface area (TPSA) is 93.1 Å². The standard InChI is InChI=1S/C28H38O6S/c1-15-11-19(27(5,6)7)23(33-17(3)25(29)30)21(13-15)35-22-14-16(2)12-20(28(8,9)10)24(22)34-18(4)26(31)32/h11-14,17-18H,1-10H3,(H,29,30)(H,31,32). The lowest BCUT2D eigenvalue weighted by Crippen LogP contribution is -2.26. The molecule has 7 heteroatoms. The summed E-state index contributed by atoms with van der Waals surface area (Å²) >= 11 is 1.40. The van der Waals surface area contributed by atoms with Crippen molar-refractivity contribution in [3.05, 3.63) is 46.5 Å². The molecule has 0 heterocycles. The van der Waals surface area contributed by atoms with Gasteiger partial charge in [0.1, 0.15) is 11.5 Å². The highest BCUT2D eigenvalue weighted by Crippen LogP contribution is 2.48. The number of hydrogen-bond donors (Lipinski definition) is 2. The molecule has 0 aromatic heterocycles. The zero-order valence-electron chi connectivity index (χ0n) is 22.4. The van der Waals surface area contributed by atoms with Gasteiger partial charge in [-0.3, -0.25) is 0 Å². The van der Waals surface area contributed by atoms with Crippen LogP contribution in [-0.2, 0) is 20.4 Å². The van der Waals surface area contributed by atoms with Gasteiger partial charge in [-0.15, -0.1) is 0 Å². The molecule has 2 aromatic carbocycles. The van der Waals surface area contributed by atoms with Crippen molar-refractivity contribution in [1.29, 1.82) is 0 Å². The van der Waals surface area contributed by atoms with Crippen LogP contribution in [0.15, 0.2) is 34.1 Å². The predicted octanol–water partition coefficient (Wildman–Crippen LogP) is 6.75. The van der Waals surface area contributed by atoms with Crippen molar-refractivity contribution in [2.75, 3.05) is 0 Å². The van der Waals surface area contributed by atoms with E-state index in [1.165, 1.54) is 25.6 Å². The Kier molecular flexibility index (Phi) is 8.59. The molecular weight excluding hydrogens is 464 g/mol. The number of aliphatic carboxylic acids is 2. The Hall–Kier alpha value is -2.67. The van der Waals surface area contributed by atoms with E-state index in [1.807, 2.05) is 38.1 Å². The van der Waals surface area contributed by atoms with Crippen LogP contribution >= 0.6 is 11.8 Å². The van der Waals surface area contributed by atoms with Crippen molar-refractivity contribution in [3.63, 3.8) is 0 Å². The third kappa shape index (κ3) is 7.17. The minimum Gasteiger partial charge on any atom is -0.479 e. The zero-order valence-corrected chi connectivity index (χ0v) is 23.2. The summed E-state index contributed by atoms with van der Waals surface area (Å²) < 4.78 is 12.0. The Balaban J connectivity index is 2.80. The van der Waals surface area contributed by atoms with Gasteiger partial charge in [0.15, 0.2) is 12.2 Å². The Labute approximate surface area is 213 Å². The smallest absolute Gasteiger partial charge is 0.344 e. The molecule has 0 spiro atoms. The van der Waals surface area contributed by atoms with Crippen molar-refractivity contribution in [3.8, 4) is 11.5 Å². The Morgan fingerprint density at radius 1 is 0.714 bits per heavy atom. The molecule has 6 nitrogen and oxygen atoms in total. The van der Waals surface area contributed by atoms with Crippen LogP contribution in [0.2, 0.25) is 0 Å². The fourth-order valence-electron chi connectivity index (χ4n) is 3.56. The summed E-state index contributed by atoms with van der Waals surface area (Å²) in [6, 6.07) is 7.98. The third-order valence-electron chi connectivity index (χ3n) is 5.52. The molecule has 0 saturated carbocycles. The van der Waals surface area contributed by atoms with Crippen LogP contribution in [0.5, 0.6) is 11.5 Å². The van der Waals surface area contributed by atoms with Crippen molar-refractivity contribution in [1.82, 2.24) is 0 Å². The van der Waals surface area contributed by atoms with Crippen molar-refractivity contribution >= 4 is 23.7 Å². The number of hydrogen-bond acceptors (Lipinski definition) is 5. The van der Waals surface area contributed by atoms with E-state index in [4.69, 9.17) is 9.47 Å². The first-order valence-electron chi connectivity index (χ1n) is 11.7. The summed E-state index contributed by atoms with van der Waals surface area (Å²) in [5.74, 6) is -1.07. The minimum absolute atomic E-state index is 0.296. The number of rotatable bonds is 8. The second-order valence-electron chi connectivity index (χ2n) is 11.1. The second-order valence-corrected chi connectivity index (χ2v) is 12.2. The van der Waals surface area contributed by atoms with E-state index >= 15 is 0 Å². The van der Waals surface area contributed by atoms with E-state index < -0.39 is 24.1 Å². The average Bonchev–Trinajstić information content (AvgIpc) is 2.69. The van der Waals surface area contributed by atoms with E-state index in [2.05, 4.69) is 41.5 Å². The molecule has 0 fully saturated rings. The van der Waals surface area contributed by atoms with E-state index in [0.29, 0.717) is 11.5 Å². The molecule has 2 unspecified atom stereocenters. The molecule has 2 aromatic rings. The number of benzene rings is 2. The molecular formula is C28H38O6S. The molecule has 192 valence electrons. The largest absolute Gasteiger partial charge is 0.479 e. The highest BCUT2D eigenvalue weighted by atomic mass is 32.2. The number of aryl methyl sites for hydroxylation is 2. The van der Waals surface area contributed by atoms with Crippen molar-refractivity contribution in [2.24, 2.45) is 0 Å². The molecule has 0 amide bonds. The average molecular weight is 503 g/mol. The fraction of sp³-hybridized carbons (Fsp3) is 0.500. The summed E-state index contributed by atoms with van der Waals surface area (Å²) in [6.45, 7) is 19.3. The van der Waals surface area contributed by atoms with Crippen LogP contribution in [0.25, 0.3) is 0 Å². The lowest BCUT2D eigenvalue weighted by atomic mass is 9.85. The third-order valence-corrected chi connectivity index (χ3v) is 6.57. The van der Waals surface area contributed by atoms with Gasteiger partial charge in [-0.05, 0) is 61.8 Å². The highest BCUT2D eigenvalue weighted by Gasteiger charge is 2.29. The summed E-state index contributed by atoms with van der Waals surface area (Å²) in [5.41, 5.74) is 3.23. The SMILES string of the molecule is Cc1cc(Sc2cc(C)cc(C(C)(C)C)c2OC(C)C(=O)O)c(OC(C)C(=O)O)c(C(C)(C)C)c1. The first-order chi connectivity index (χ1) is 15.9. The highest BCUT2D eigenvalue weighted by molar-refractivity contribution is 7.99. The number of carboxylic acid groups (broad SMARTS) is 2. The van der Waals surface area contributed by atoms with Crippen LogP contribution in [-0.4, -0.2) is 34.4 Å². The number of carbonyl (C=O) groups is 2. The van der Waals surface area contributed by atoms with Crippen LogP contribution in [0.3, 0.4) is 0 Å². The molecule has 2 N–H and O–H groups in total. The lowest BCUT2D eigenvalue weighted by molar-refractivity contribution is -0.145. The first kappa shape index (κ1) is 28.6. The molecule has 2 atom stereocenters. The Morgan fingerprint density at radius 3 is 1.29 bits per heavy atom. The quantitative estimate of drug-likeness (QED) is 0.412. The molecule has 2 rings (SSSR count). The van der Waals surface area contributed by atoms with E-state index in [1.54, 1.807) is 0 Å². The number of ether oxygens (including phenoxy) is 2. The van der Waals surface area contributed by atoms with Gasteiger partial charge in [0.25, 0.3) is 0 Å². The van der Waals surface area contributed by atoms with Crippen LogP contribution in [0.1, 0.15) is 77.6 Å². The van der Waals surface area contributed by atoms with Gasteiger partial charge >= 0.3 is 11.9 Å². The van der Waals surface area contributed by atoms with E-state index in [-0.39, 0.29) is 10.8 Å². The van der Waals surface area contributed by atoms with Crippen LogP contribution in [0, 0.1) is 13.8 Å². The summed E-state index contributed by atoms with van der Waals surface area (Å²) in [7, 11) is 0. The second kappa shape index (κ2) is 10.5. The first-order valence-corrected chi connectivity index (χ1v) is 12.5. The maximum absolute atomic E-state index is 11.6. The van der Waals surface area contributed by atoms with E-state index in [9.17, 15) is 19.8 Å². The molecule has 35 heavy (non-hydrogen) atoms. The minimum atomic E-state index is -1.05. The van der Waals surface area contributed by atoms with Gasteiger partial charge in [0.05, 0.1) is 9.79 Å². The molecule has 0 aliphatic carbocycles. The summed E-state index contributed by atoms with van der Waals surface area (Å²) in [6.07, 6.45) is -2.08. The molecule has 0 aliphatic heterocycles. The van der Waals surface area contributed by atoms with Crippen LogP contribution in [0.4, 0.5) is 0 Å². The van der Waals surface area contributed by atoms with Crippen molar-refractivity contribution < 1.29 is 29.3 Å². The maximum atomic E-state index is 11.6. The summed E-state index contributed by atoms with van der Waals surface area (Å²) in [5, 5.41) is 19.0. The molecule has 0 bridgehead atoms. The fourth-order valence-corrected chi connectivity index (χ4v) is 4.79. The maximum Gasteiger partial charge on any atom is 0.344 e. The molecule has 0 saturated heterocycles. The monoisotopic (exact) mass is 502 g/mol. The van der Waals surface area contributed by atoms with Gasteiger partial charge in [0, 0.05) is 11.1 Å². The molecule has 0 aliphatic rings. The number of carboxylic acids is 2. The van der Waals surface area contributed by atoms with Gasteiger partial charge in [-0.2, -0.15) is 0 Å². The van der Waals surface area contributed by atoms with Gasteiger partial charge in [-0.1, -0.05) is 65.4 Å². The van der Waals surface area contributed by atoms with Gasteiger partial charge < -0.3 is 19.7 Å². The molecule has 0 radical (unpaired) electrons. The van der Waals surface area contributed by atoms with Crippen LogP contribution < -0.4 is 9.47 Å². The Bertz CT molecular complexity index is 1020.